The summed E-state index contributed by atoms with van der Waals surface area (Å²) >= 11 is 0. The summed E-state index contributed by atoms with van der Waals surface area (Å²) in [6, 6.07) is 3.20. The third kappa shape index (κ3) is 4.39. The lowest BCUT2D eigenvalue weighted by atomic mass is 9.70. The fourth-order valence-corrected chi connectivity index (χ4v) is 6.29. The van der Waals surface area contributed by atoms with Crippen molar-refractivity contribution in [2.45, 2.75) is 90.4 Å². The number of piperidine rings is 3. The van der Waals surface area contributed by atoms with E-state index in [2.05, 4.69) is 47.3 Å². The van der Waals surface area contributed by atoms with Crippen molar-refractivity contribution in [3.63, 3.8) is 0 Å². The maximum atomic E-state index is 2.85. The van der Waals surface area contributed by atoms with E-state index >= 15 is 0 Å². The summed E-state index contributed by atoms with van der Waals surface area (Å²) in [5, 5.41) is 0. The average molecular weight is 377 g/mol. The van der Waals surface area contributed by atoms with Gasteiger partial charge in [0.05, 0.1) is 0 Å². The van der Waals surface area contributed by atoms with Crippen LogP contribution in [0.3, 0.4) is 0 Å². The van der Waals surface area contributed by atoms with Crippen LogP contribution >= 0.6 is 0 Å². The zero-order valence-electron chi connectivity index (χ0n) is 18.5. The molecule has 4 fully saturated rings. The van der Waals surface area contributed by atoms with Gasteiger partial charge in [-0.1, -0.05) is 0 Å². The first kappa shape index (κ1) is 20.1. The second-order valence-corrected chi connectivity index (χ2v) is 10.7. The Balaban J connectivity index is 1.17. The molecule has 4 heteroatoms. The second kappa shape index (κ2) is 8.30. The maximum Gasteiger partial charge on any atom is 0.0120 e. The molecule has 27 heavy (non-hydrogen) atoms. The number of rotatable bonds is 4. The van der Waals surface area contributed by atoms with Crippen molar-refractivity contribution in [1.82, 2.24) is 19.6 Å². The zero-order chi connectivity index (χ0) is 19.0. The minimum absolute atomic E-state index is 0.687. The summed E-state index contributed by atoms with van der Waals surface area (Å²) in [5.74, 6) is 0. The van der Waals surface area contributed by atoms with E-state index < -0.39 is 0 Å². The number of nitrogens with zero attached hydrogens (tertiary/aromatic N) is 4. The molecule has 0 aromatic rings. The van der Waals surface area contributed by atoms with Gasteiger partial charge in [0.1, 0.15) is 0 Å². The summed E-state index contributed by atoms with van der Waals surface area (Å²) in [4.78, 5) is 11.0. The molecule has 156 valence electrons. The van der Waals surface area contributed by atoms with Crippen LogP contribution in [0.2, 0.25) is 0 Å². The van der Waals surface area contributed by atoms with E-state index in [1.165, 1.54) is 90.9 Å². The first-order valence-electron chi connectivity index (χ1n) is 11.9. The largest absolute Gasteiger partial charge is 0.301 e. The van der Waals surface area contributed by atoms with Gasteiger partial charge in [-0.25, -0.2) is 0 Å². The van der Waals surface area contributed by atoms with E-state index in [1.54, 1.807) is 0 Å². The van der Waals surface area contributed by atoms with E-state index in [0.29, 0.717) is 5.41 Å². The number of hydrogen-bond donors (Lipinski definition) is 0. The first-order valence-corrected chi connectivity index (χ1v) is 11.9. The van der Waals surface area contributed by atoms with Crippen molar-refractivity contribution in [2.75, 3.05) is 52.4 Å². The van der Waals surface area contributed by atoms with Crippen LogP contribution in [0.15, 0.2) is 0 Å². The molecule has 0 amide bonds. The van der Waals surface area contributed by atoms with Gasteiger partial charge in [0.25, 0.3) is 0 Å². The first-order chi connectivity index (χ1) is 13.0. The van der Waals surface area contributed by atoms with Gasteiger partial charge in [-0.2, -0.15) is 0 Å². The summed E-state index contributed by atoms with van der Waals surface area (Å²) in [7, 11) is 0. The van der Waals surface area contributed by atoms with Gasteiger partial charge in [0, 0.05) is 37.3 Å². The van der Waals surface area contributed by atoms with Crippen molar-refractivity contribution in [2.24, 2.45) is 5.41 Å². The highest BCUT2D eigenvalue weighted by molar-refractivity contribution is 5.01. The normalized spacial score (nSPS) is 30.4. The Hall–Kier alpha value is -0.160. The molecule has 0 aromatic heterocycles. The lowest BCUT2D eigenvalue weighted by molar-refractivity contribution is -0.0860. The standard InChI is InChI=1S/C23H44N4/c1-19(2)24-11-5-21(6-12-24)26-13-7-22(8-14-26)27-17-23(18-27)9-15-25(16-10-23)20(3)4/h19-22H,5-18H2,1-4H3. The van der Waals surface area contributed by atoms with Gasteiger partial charge in [-0.3, -0.25) is 4.90 Å². The molecule has 4 nitrogen and oxygen atoms in total. The smallest absolute Gasteiger partial charge is 0.0120 e. The van der Waals surface area contributed by atoms with E-state index in [9.17, 15) is 0 Å². The Bertz CT molecular complexity index is 459. The Morgan fingerprint density at radius 3 is 1.56 bits per heavy atom. The molecular formula is C23H44N4. The summed E-state index contributed by atoms with van der Waals surface area (Å²) in [6.07, 6.45) is 8.49. The van der Waals surface area contributed by atoms with Crippen LogP contribution in [0.5, 0.6) is 0 Å². The van der Waals surface area contributed by atoms with Crippen molar-refractivity contribution in [3.05, 3.63) is 0 Å². The molecule has 0 atom stereocenters. The van der Waals surface area contributed by atoms with Crippen LogP contribution < -0.4 is 0 Å². The van der Waals surface area contributed by atoms with Crippen LogP contribution in [0.1, 0.15) is 66.2 Å². The molecule has 0 aliphatic carbocycles. The molecule has 0 saturated carbocycles. The molecule has 1 spiro atoms. The molecular weight excluding hydrogens is 332 g/mol. The van der Waals surface area contributed by atoms with Gasteiger partial charge in [-0.05, 0) is 111 Å². The average Bonchev–Trinajstić information content (AvgIpc) is 2.66. The van der Waals surface area contributed by atoms with E-state index in [-0.39, 0.29) is 0 Å². The van der Waals surface area contributed by atoms with Crippen molar-refractivity contribution in [1.29, 1.82) is 0 Å². The Morgan fingerprint density at radius 1 is 0.593 bits per heavy atom. The van der Waals surface area contributed by atoms with Crippen LogP contribution in [0, 0.1) is 5.41 Å². The molecule has 0 bridgehead atoms. The molecule has 0 aromatic carbocycles. The Morgan fingerprint density at radius 2 is 1.04 bits per heavy atom. The minimum Gasteiger partial charge on any atom is -0.301 e. The van der Waals surface area contributed by atoms with Crippen molar-refractivity contribution >= 4 is 0 Å². The van der Waals surface area contributed by atoms with E-state index in [1.807, 2.05) is 0 Å². The zero-order valence-corrected chi connectivity index (χ0v) is 18.5. The van der Waals surface area contributed by atoms with E-state index in [0.717, 1.165) is 24.2 Å². The highest BCUT2D eigenvalue weighted by Crippen LogP contribution is 2.43. The predicted molar refractivity (Wildman–Crippen MR) is 114 cm³/mol. The second-order valence-electron chi connectivity index (χ2n) is 10.7. The molecule has 4 aliphatic heterocycles. The summed E-state index contributed by atoms with van der Waals surface area (Å²) in [6.45, 7) is 20.2. The van der Waals surface area contributed by atoms with Gasteiger partial charge in [-0.15, -0.1) is 0 Å². The lowest BCUT2D eigenvalue weighted by Gasteiger charge is -2.58. The molecule has 0 N–H and O–H groups in total. The van der Waals surface area contributed by atoms with Crippen LogP contribution in [-0.4, -0.2) is 96.1 Å². The fourth-order valence-electron chi connectivity index (χ4n) is 6.29. The van der Waals surface area contributed by atoms with Gasteiger partial charge < -0.3 is 14.7 Å². The quantitative estimate of drug-likeness (QED) is 0.747. The number of likely N-dealkylation sites (tertiary alicyclic amines) is 4. The third-order valence-electron chi connectivity index (χ3n) is 8.43. The molecule has 4 aliphatic rings. The molecule has 4 saturated heterocycles. The highest BCUT2D eigenvalue weighted by Gasteiger charge is 2.47. The third-order valence-corrected chi connectivity index (χ3v) is 8.43. The van der Waals surface area contributed by atoms with E-state index in [4.69, 9.17) is 0 Å². The van der Waals surface area contributed by atoms with Gasteiger partial charge in [0.2, 0.25) is 0 Å². The molecule has 0 radical (unpaired) electrons. The SMILES string of the molecule is CC(C)N1CCC(N2CCC(N3CC4(CCN(C(C)C)CC4)C3)CC2)CC1. The molecule has 4 heterocycles. The van der Waals surface area contributed by atoms with Crippen molar-refractivity contribution < 1.29 is 0 Å². The minimum atomic E-state index is 0.687. The summed E-state index contributed by atoms with van der Waals surface area (Å²) < 4.78 is 0. The topological polar surface area (TPSA) is 13.0 Å². The van der Waals surface area contributed by atoms with Gasteiger partial charge >= 0.3 is 0 Å². The van der Waals surface area contributed by atoms with Crippen LogP contribution in [0.4, 0.5) is 0 Å². The Labute approximate surface area is 168 Å². The monoisotopic (exact) mass is 376 g/mol. The summed E-state index contributed by atoms with van der Waals surface area (Å²) in [5.41, 5.74) is 0.687. The highest BCUT2D eigenvalue weighted by atomic mass is 15.3. The molecule has 4 rings (SSSR count). The van der Waals surface area contributed by atoms with Crippen molar-refractivity contribution in [3.8, 4) is 0 Å². The maximum absolute atomic E-state index is 2.85. The Kier molecular flexibility index (Phi) is 6.18. The van der Waals surface area contributed by atoms with Gasteiger partial charge in [0.15, 0.2) is 0 Å². The van der Waals surface area contributed by atoms with Crippen LogP contribution in [-0.2, 0) is 0 Å². The number of hydrogen-bond acceptors (Lipinski definition) is 4. The fraction of sp³-hybridized carbons (Fsp3) is 1.00. The van der Waals surface area contributed by atoms with Crippen LogP contribution in [0.25, 0.3) is 0 Å². The lowest BCUT2D eigenvalue weighted by Crippen LogP contribution is -2.64. The molecule has 0 unspecified atom stereocenters. The predicted octanol–water partition coefficient (Wildman–Crippen LogP) is 3.13.